The highest BCUT2D eigenvalue weighted by Crippen LogP contribution is 2.23. The molecule has 1 aromatic carbocycles. The molecule has 0 aliphatic carbocycles. The van der Waals surface area contributed by atoms with Gasteiger partial charge in [-0.15, -0.1) is 10.2 Å². The minimum atomic E-state index is -3.04. The smallest absolute Gasteiger partial charge is 0.246 e. The van der Waals surface area contributed by atoms with E-state index in [1.165, 1.54) is 9.70 Å². The summed E-state index contributed by atoms with van der Waals surface area (Å²) in [4.78, 5) is 14.9. The average molecular weight is 370 g/mol. The highest BCUT2D eigenvalue weighted by atomic mass is 35.5. The van der Waals surface area contributed by atoms with Crippen molar-refractivity contribution in [3.05, 3.63) is 29.3 Å². The molecule has 0 N–H and O–H groups in total. The third kappa shape index (κ3) is 3.57. The van der Waals surface area contributed by atoms with E-state index < -0.39 is 9.84 Å². The molecule has 1 fully saturated rings. The number of tetrazole rings is 1. The standard InChI is InChI=1S/C14H16ClN5O3S/c1-19(10-6-7-24(22,23)9-10)13(21)8-20-17-14(16-18-20)11-4-2-3-5-12(11)15/h2-5,10H,6-9H2,1H3/t10-/m0/s1. The van der Waals surface area contributed by atoms with Gasteiger partial charge in [-0.2, -0.15) is 4.80 Å². The quantitative estimate of drug-likeness (QED) is 0.784. The van der Waals surface area contributed by atoms with Gasteiger partial charge in [0, 0.05) is 18.7 Å². The molecule has 1 aliphatic heterocycles. The molecule has 1 atom stereocenters. The SMILES string of the molecule is CN(C(=O)Cn1nnc(-c2ccccc2Cl)n1)[C@H]1CCS(=O)(=O)C1. The van der Waals surface area contributed by atoms with E-state index in [-0.39, 0.29) is 30.0 Å². The first kappa shape index (κ1) is 16.8. The molecule has 2 aromatic rings. The van der Waals surface area contributed by atoms with Crippen LogP contribution in [-0.2, 0) is 21.2 Å². The summed E-state index contributed by atoms with van der Waals surface area (Å²) >= 11 is 6.09. The van der Waals surface area contributed by atoms with Gasteiger partial charge in [-0.25, -0.2) is 8.42 Å². The summed E-state index contributed by atoms with van der Waals surface area (Å²) in [6.45, 7) is -0.107. The van der Waals surface area contributed by atoms with Gasteiger partial charge in [0.05, 0.1) is 16.5 Å². The van der Waals surface area contributed by atoms with Gasteiger partial charge >= 0.3 is 0 Å². The van der Waals surface area contributed by atoms with E-state index in [2.05, 4.69) is 15.4 Å². The minimum Gasteiger partial charge on any atom is -0.340 e. The van der Waals surface area contributed by atoms with Crippen molar-refractivity contribution in [1.82, 2.24) is 25.1 Å². The predicted octanol–water partition coefficient (Wildman–Crippen LogP) is 0.639. The van der Waals surface area contributed by atoms with Crippen molar-refractivity contribution in [2.75, 3.05) is 18.6 Å². The Morgan fingerprint density at radius 1 is 1.42 bits per heavy atom. The Hall–Kier alpha value is -2.00. The van der Waals surface area contributed by atoms with E-state index in [9.17, 15) is 13.2 Å². The van der Waals surface area contributed by atoms with E-state index in [0.717, 1.165) is 0 Å². The molecule has 0 unspecified atom stereocenters. The largest absolute Gasteiger partial charge is 0.340 e. The average Bonchev–Trinajstić information content (AvgIpc) is 3.13. The highest BCUT2D eigenvalue weighted by molar-refractivity contribution is 7.91. The normalized spacial score (nSPS) is 19.3. The molecule has 1 saturated heterocycles. The van der Waals surface area contributed by atoms with Gasteiger partial charge in [0.2, 0.25) is 11.7 Å². The summed E-state index contributed by atoms with van der Waals surface area (Å²) in [5.74, 6) is 0.193. The molecule has 24 heavy (non-hydrogen) atoms. The molecule has 8 nitrogen and oxygen atoms in total. The number of benzene rings is 1. The maximum atomic E-state index is 12.3. The second-order valence-electron chi connectivity index (χ2n) is 5.68. The van der Waals surface area contributed by atoms with Crippen LogP contribution >= 0.6 is 11.6 Å². The van der Waals surface area contributed by atoms with Crippen LogP contribution in [0.2, 0.25) is 5.02 Å². The molecule has 1 aromatic heterocycles. The Kier molecular flexibility index (Phi) is 4.55. The van der Waals surface area contributed by atoms with Crippen molar-refractivity contribution in [2.45, 2.75) is 19.0 Å². The Bertz CT molecular complexity index is 867. The molecule has 0 spiro atoms. The van der Waals surface area contributed by atoms with E-state index >= 15 is 0 Å². The van der Waals surface area contributed by atoms with Crippen LogP contribution in [0.15, 0.2) is 24.3 Å². The second-order valence-corrected chi connectivity index (χ2v) is 8.32. The molecular formula is C14H16ClN5O3S. The second kappa shape index (κ2) is 6.48. The first-order chi connectivity index (χ1) is 11.4. The molecule has 10 heteroatoms. The lowest BCUT2D eigenvalue weighted by molar-refractivity contribution is -0.132. The number of amides is 1. The van der Waals surface area contributed by atoms with E-state index in [1.54, 1.807) is 31.3 Å². The summed E-state index contributed by atoms with van der Waals surface area (Å²) < 4.78 is 23.1. The zero-order valence-corrected chi connectivity index (χ0v) is 14.5. The van der Waals surface area contributed by atoms with E-state index in [0.29, 0.717) is 22.8 Å². The van der Waals surface area contributed by atoms with Crippen LogP contribution in [0, 0.1) is 0 Å². The van der Waals surface area contributed by atoms with Gasteiger partial charge in [-0.05, 0) is 23.8 Å². The third-order valence-corrected chi connectivity index (χ3v) is 6.07. The highest BCUT2D eigenvalue weighted by Gasteiger charge is 2.32. The van der Waals surface area contributed by atoms with Crippen LogP contribution in [0.4, 0.5) is 0 Å². The number of carbonyl (C=O) groups excluding carboxylic acids is 1. The number of carbonyl (C=O) groups is 1. The monoisotopic (exact) mass is 369 g/mol. The van der Waals surface area contributed by atoms with Crippen molar-refractivity contribution in [2.24, 2.45) is 0 Å². The van der Waals surface area contributed by atoms with Crippen LogP contribution in [0.1, 0.15) is 6.42 Å². The lowest BCUT2D eigenvalue weighted by Crippen LogP contribution is -2.40. The Labute approximate surface area is 144 Å². The summed E-state index contributed by atoms with van der Waals surface area (Å²) in [6.07, 6.45) is 0.459. The van der Waals surface area contributed by atoms with Gasteiger partial charge < -0.3 is 4.90 Å². The Balaban J connectivity index is 1.69. The zero-order chi connectivity index (χ0) is 17.3. The molecular weight excluding hydrogens is 354 g/mol. The number of aromatic nitrogens is 4. The zero-order valence-electron chi connectivity index (χ0n) is 13.0. The number of sulfone groups is 1. The number of rotatable bonds is 4. The lowest BCUT2D eigenvalue weighted by atomic mass is 10.2. The fourth-order valence-corrected chi connectivity index (χ4v) is 4.57. The van der Waals surface area contributed by atoms with Crippen LogP contribution in [0.3, 0.4) is 0 Å². The number of likely N-dealkylation sites (N-methyl/N-ethyl adjacent to an activating group) is 1. The predicted molar refractivity (Wildman–Crippen MR) is 88.1 cm³/mol. The van der Waals surface area contributed by atoms with Crippen molar-refractivity contribution in [3.63, 3.8) is 0 Å². The summed E-state index contributed by atoms with van der Waals surface area (Å²) in [5.41, 5.74) is 0.633. The van der Waals surface area contributed by atoms with Crippen LogP contribution < -0.4 is 0 Å². The van der Waals surface area contributed by atoms with Gasteiger partial charge in [-0.3, -0.25) is 4.79 Å². The molecule has 1 aliphatic rings. The van der Waals surface area contributed by atoms with Gasteiger partial charge in [0.15, 0.2) is 9.84 Å². The van der Waals surface area contributed by atoms with E-state index in [4.69, 9.17) is 11.6 Å². The molecule has 0 radical (unpaired) electrons. The molecule has 0 bridgehead atoms. The Morgan fingerprint density at radius 3 is 2.83 bits per heavy atom. The molecule has 3 rings (SSSR count). The third-order valence-electron chi connectivity index (χ3n) is 3.99. The van der Waals surface area contributed by atoms with Crippen molar-refractivity contribution >= 4 is 27.3 Å². The Morgan fingerprint density at radius 2 is 2.17 bits per heavy atom. The van der Waals surface area contributed by atoms with Gasteiger partial charge in [0.25, 0.3) is 0 Å². The van der Waals surface area contributed by atoms with Crippen molar-refractivity contribution in [3.8, 4) is 11.4 Å². The number of hydrogen-bond acceptors (Lipinski definition) is 6. The number of hydrogen-bond donors (Lipinski definition) is 0. The van der Waals surface area contributed by atoms with Crippen LogP contribution in [0.25, 0.3) is 11.4 Å². The van der Waals surface area contributed by atoms with Gasteiger partial charge in [0.1, 0.15) is 6.54 Å². The van der Waals surface area contributed by atoms with Gasteiger partial charge in [-0.1, -0.05) is 23.7 Å². The fraction of sp³-hybridized carbons (Fsp3) is 0.429. The summed E-state index contributed by atoms with van der Waals surface area (Å²) in [6, 6.07) is 6.79. The topological polar surface area (TPSA) is 98.1 Å². The summed E-state index contributed by atoms with van der Waals surface area (Å²) in [5, 5.41) is 12.4. The van der Waals surface area contributed by atoms with Crippen LogP contribution in [-0.4, -0.2) is 64.0 Å². The molecule has 0 saturated carbocycles. The van der Waals surface area contributed by atoms with Crippen molar-refractivity contribution in [1.29, 1.82) is 0 Å². The summed E-state index contributed by atoms with van der Waals surface area (Å²) in [7, 11) is -1.45. The first-order valence-corrected chi connectivity index (χ1v) is 9.54. The molecule has 128 valence electrons. The van der Waals surface area contributed by atoms with Crippen LogP contribution in [0.5, 0.6) is 0 Å². The molecule has 2 heterocycles. The first-order valence-electron chi connectivity index (χ1n) is 7.34. The maximum absolute atomic E-state index is 12.3. The van der Waals surface area contributed by atoms with Crippen molar-refractivity contribution < 1.29 is 13.2 Å². The minimum absolute atomic E-state index is 0.00486. The maximum Gasteiger partial charge on any atom is 0.246 e. The number of nitrogens with zero attached hydrogens (tertiary/aromatic N) is 5. The molecule has 1 amide bonds. The lowest BCUT2D eigenvalue weighted by Gasteiger charge is -2.22. The fourth-order valence-electron chi connectivity index (χ4n) is 2.58. The van der Waals surface area contributed by atoms with E-state index in [1.807, 2.05) is 0 Å². The number of halogens is 1.